The maximum Gasteiger partial charge on any atom is 0.327 e. The van der Waals surface area contributed by atoms with Crippen LogP contribution in [0.1, 0.15) is 49.6 Å². The number of rotatable bonds is 7. The van der Waals surface area contributed by atoms with Crippen LogP contribution in [0.2, 0.25) is 0 Å². The number of ether oxygens (including phenoxy) is 1. The van der Waals surface area contributed by atoms with Crippen molar-refractivity contribution in [3.63, 3.8) is 0 Å². The summed E-state index contributed by atoms with van der Waals surface area (Å²) in [5.41, 5.74) is 2.45. The second-order valence-electron chi connectivity index (χ2n) is 10.1. The van der Waals surface area contributed by atoms with E-state index in [1.807, 2.05) is 40.1 Å². The Labute approximate surface area is 216 Å². The van der Waals surface area contributed by atoms with E-state index in [4.69, 9.17) is 4.74 Å². The first-order chi connectivity index (χ1) is 18.0. The highest BCUT2D eigenvalue weighted by Gasteiger charge is 2.34. The Morgan fingerprint density at radius 1 is 1.05 bits per heavy atom. The molecule has 0 aliphatic carbocycles. The number of hydrogen-bond acceptors (Lipinski definition) is 5. The molecule has 9 nitrogen and oxygen atoms in total. The van der Waals surface area contributed by atoms with E-state index >= 15 is 0 Å². The molecule has 0 saturated carbocycles. The van der Waals surface area contributed by atoms with Gasteiger partial charge in [0.05, 0.1) is 12.1 Å². The van der Waals surface area contributed by atoms with Crippen molar-refractivity contribution in [2.75, 3.05) is 39.9 Å². The summed E-state index contributed by atoms with van der Waals surface area (Å²) in [6.07, 6.45) is 4.85. The molecule has 196 valence electrons. The number of imidazole rings is 1. The second-order valence-corrected chi connectivity index (χ2v) is 10.1. The Morgan fingerprint density at radius 2 is 1.84 bits per heavy atom. The van der Waals surface area contributed by atoms with E-state index in [2.05, 4.69) is 22.1 Å². The molecule has 1 aromatic carbocycles. The minimum atomic E-state index is -0.321. The normalized spacial score (nSPS) is 21.4. The van der Waals surface area contributed by atoms with Crippen molar-refractivity contribution >= 4 is 23.0 Å². The van der Waals surface area contributed by atoms with E-state index < -0.39 is 0 Å². The van der Waals surface area contributed by atoms with Gasteiger partial charge in [-0.2, -0.15) is 0 Å². The van der Waals surface area contributed by atoms with Gasteiger partial charge in [-0.25, -0.2) is 9.78 Å². The number of carbonyl (C=O) groups excluding carboxylic acids is 2. The highest BCUT2D eigenvalue weighted by atomic mass is 16.5. The number of piperidine rings is 1. The summed E-state index contributed by atoms with van der Waals surface area (Å²) in [4.78, 5) is 50.2. The zero-order chi connectivity index (χ0) is 25.8. The van der Waals surface area contributed by atoms with Crippen LogP contribution in [0.15, 0.2) is 53.5 Å². The number of nitrogens with one attached hydrogen (secondary N) is 1. The lowest BCUT2D eigenvalue weighted by atomic mass is 9.90. The molecule has 0 spiro atoms. The number of fused-ring (bicyclic) bond motifs is 1. The number of aromatic nitrogens is 3. The number of methoxy groups -OCH3 is 1. The molecule has 0 radical (unpaired) electrons. The number of aromatic amines is 1. The molecule has 2 saturated heterocycles. The summed E-state index contributed by atoms with van der Waals surface area (Å²) in [6.45, 7) is 2.80. The number of likely N-dealkylation sites (tertiary alicyclic amines) is 2. The molecule has 0 bridgehead atoms. The highest BCUT2D eigenvalue weighted by molar-refractivity contribution is 5.86. The third kappa shape index (κ3) is 5.46. The van der Waals surface area contributed by atoms with Gasteiger partial charge in [0.25, 0.3) is 0 Å². The molecule has 2 amide bonds. The third-order valence-electron chi connectivity index (χ3n) is 7.90. The standard InChI is InChI=1S/C28H35N5O4/c1-37-17-16-32-19-22(20-6-3-2-4-7-20)10-9-21(27(32)35)18-25(34)31-14-11-23(12-15-31)33-24-8-5-13-29-26(24)30-28(33)36/h2-8,13,21-23H,9-12,14-19H2,1H3,(H,29,30,36)/t21-,22+/m1/s1. The lowest BCUT2D eigenvalue weighted by molar-refractivity contribution is -0.142. The Morgan fingerprint density at radius 3 is 2.59 bits per heavy atom. The van der Waals surface area contributed by atoms with Crippen LogP contribution in [0, 0.1) is 5.92 Å². The van der Waals surface area contributed by atoms with Crippen molar-refractivity contribution in [2.24, 2.45) is 5.92 Å². The van der Waals surface area contributed by atoms with Crippen molar-refractivity contribution in [1.29, 1.82) is 0 Å². The molecule has 5 rings (SSSR count). The summed E-state index contributed by atoms with van der Waals surface area (Å²) in [5, 5.41) is 0. The fourth-order valence-electron chi connectivity index (χ4n) is 5.86. The number of nitrogens with zero attached hydrogens (tertiary/aromatic N) is 4. The van der Waals surface area contributed by atoms with E-state index in [-0.39, 0.29) is 41.8 Å². The van der Waals surface area contributed by atoms with Crippen molar-refractivity contribution < 1.29 is 14.3 Å². The van der Waals surface area contributed by atoms with Crippen molar-refractivity contribution in [3.05, 3.63) is 64.7 Å². The number of hydrogen-bond donors (Lipinski definition) is 1. The monoisotopic (exact) mass is 505 g/mol. The summed E-state index contributed by atoms with van der Waals surface area (Å²) in [7, 11) is 1.64. The number of H-pyrrole nitrogens is 1. The minimum absolute atomic E-state index is 0.0187. The molecular formula is C28H35N5O4. The minimum Gasteiger partial charge on any atom is -0.383 e. The van der Waals surface area contributed by atoms with Crippen LogP contribution in [0.5, 0.6) is 0 Å². The zero-order valence-electron chi connectivity index (χ0n) is 21.3. The van der Waals surface area contributed by atoms with Gasteiger partial charge in [-0.1, -0.05) is 30.3 Å². The van der Waals surface area contributed by atoms with Crippen LogP contribution < -0.4 is 5.69 Å². The summed E-state index contributed by atoms with van der Waals surface area (Å²) < 4.78 is 7.04. The van der Waals surface area contributed by atoms with Crippen LogP contribution in [-0.4, -0.2) is 76.0 Å². The van der Waals surface area contributed by atoms with E-state index in [1.165, 1.54) is 5.56 Å². The van der Waals surface area contributed by atoms with Crippen LogP contribution in [-0.2, 0) is 14.3 Å². The van der Waals surface area contributed by atoms with Crippen molar-refractivity contribution in [1.82, 2.24) is 24.3 Å². The van der Waals surface area contributed by atoms with Gasteiger partial charge in [-0.15, -0.1) is 0 Å². The maximum absolute atomic E-state index is 13.5. The van der Waals surface area contributed by atoms with Gasteiger partial charge in [0.1, 0.15) is 0 Å². The predicted molar refractivity (Wildman–Crippen MR) is 140 cm³/mol. The van der Waals surface area contributed by atoms with Crippen molar-refractivity contribution in [2.45, 2.75) is 44.1 Å². The molecule has 2 aliphatic rings. The van der Waals surface area contributed by atoms with Gasteiger partial charge in [0.2, 0.25) is 11.8 Å². The Bertz CT molecular complexity index is 1280. The molecule has 1 N–H and O–H groups in total. The first kappa shape index (κ1) is 25.2. The Balaban J connectivity index is 1.23. The summed E-state index contributed by atoms with van der Waals surface area (Å²) >= 11 is 0. The first-order valence-electron chi connectivity index (χ1n) is 13.2. The van der Waals surface area contributed by atoms with Gasteiger partial charge in [-0.05, 0) is 43.4 Å². The largest absolute Gasteiger partial charge is 0.383 e. The highest BCUT2D eigenvalue weighted by Crippen LogP contribution is 2.32. The van der Waals surface area contributed by atoms with Crippen LogP contribution in [0.25, 0.3) is 11.2 Å². The molecular weight excluding hydrogens is 470 g/mol. The predicted octanol–water partition coefficient (Wildman–Crippen LogP) is 2.95. The maximum atomic E-state index is 13.5. The van der Waals surface area contributed by atoms with Gasteiger partial charge >= 0.3 is 5.69 Å². The smallest absolute Gasteiger partial charge is 0.327 e. The first-order valence-corrected chi connectivity index (χ1v) is 13.2. The van der Waals surface area contributed by atoms with E-state index in [1.54, 1.807) is 17.9 Å². The summed E-state index contributed by atoms with van der Waals surface area (Å²) in [5.74, 6) is 0.00564. The average Bonchev–Trinajstić information content (AvgIpc) is 3.19. The van der Waals surface area contributed by atoms with Crippen LogP contribution in [0.4, 0.5) is 0 Å². The molecule has 2 fully saturated rings. The second kappa shape index (κ2) is 11.3. The average molecular weight is 506 g/mol. The molecule has 37 heavy (non-hydrogen) atoms. The lowest BCUT2D eigenvalue weighted by Gasteiger charge is -2.33. The molecule has 2 atom stereocenters. The fourth-order valence-corrected chi connectivity index (χ4v) is 5.86. The number of amides is 2. The van der Waals surface area contributed by atoms with E-state index in [9.17, 15) is 14.4 Å². The topological polar surface area (TPSA) is 101 Å². The van der Waals surface area contributed by atoms with E-state index in [0.29, 0.717) is 57.7 Å². The SMILES string of the molecule is COCCN1C[C@@H](c2ccccc2)CC[C@H](CC(=O)N2CCC(n3c(=O)[nH]c4ncccc43)CC2)C1=O. The molecule has 2 aliphatic heterocycles. The van der Waals surface area contributed by atoms with Gasteiger partial charge in [0.15, 0.2) is 5.65 Å². The fraction of sp³-hybridized carbons (Fsp3) is 0.500. The number of carbonyl (C=O) groups is 2. The van der Waals surface area contributed by atoms with Gasteiger partial charge < -0.3 is 14.5 Å². The molecule has 9 heteroatoms. The molecule has 0 unspecified atom stereocenters. The zero-order valence-corrected chi connectivity index (χ0v) is 21.3. The summed E-state index contributed by atoms with van der Waals surface area (Å²) in [6, 6.07) is 14.1. The number of benzene rings is 1. The Hall–Kier alpha value is -3.46. The lowest BCUT2D eigenvalue weighted by Crippen LogP contribution is -2.43. The third-order valence-corrected chi connectivity index (χ3v) is 7.90. The quantitative estimate of drug-likeness (QED) is 0.532. The molecule has 3 aromatic rings. The molecule has 4 heterocycles. The number of pyridine rings is 1. The Kier molecular flexibility index (Phi) is 7.69. The molecule has 2 aromatic heterocycles. The van der Waals surface area contributed by atoms with Crippen LogP contribution >= 0.6 is 0 Å². The van der Waals surface area contributed by atoms with E-state index in [0.717, 1.165) is 11.9 Å². The van der Waals surface area contributed by atoms with Gasteiger partial charge in [-0.3, -0.25) is 19.1 Å². The van der Waals surface area contributed by atoms with Crippen LogP contribution in [0.3, 0.4) is 0 Å². The van der Waals surface area contributed by atoms with Gasteiger partial charge in [0, 0.05) is 63.8 Å². The van der Waals surface area contributed by atoms with Crippen molar-refractivity contribution in [3.8, 4) is 0 Å².